The zero-order chi connectivity index (χ0) is 19.3. The molecule has 1 N–H and O–H groups in total. The van der Waals surface area contributed by atoms with Gasteiger partial charge in [0, 0.05) is 11.8 Å². The fraction of sp³-hybridized carbons (Fsp3) is 0.350. The van der Waals surface area contributed by atoms with Crippen LogP contribution in [0.15, 0.2) is 42.5 Å². The predicted molar refractivity (Wildman–Crippen MR) is 110 cm³/mol. The topological polar surface area (TPSA) is 80.7 Å². The number of rotatable bonds is 5. The van der Waals surface area contributed by atoms with Crippen molar-refractivity contribution in [3.05, 3.63) is 63.9 Å². The molecule has 2 heterocycles. The lowest BCUT2D eigenvalue weighted by molar-refractivity contribution is -0.115. The molecule has 3 aromatic rings. The first-order valence-electron chi connectivity index (χ1n) is 9.33. The molecule has 2 aromatic heterocycles. The fourth-order valence-electron chi connectivity index (χ4n) is 3.62. The van der Waals surface area contributed by atoms with E-state index in [-0.39, 0.29) is 5.91 Å². The van der Waals surface area contributed by atoms with Crippen LogP contribution in [0.4, 0.5) is 5.13 Å². The van der Waals surface area contributed by atoms with Crippen molar-refractivity contribution in [3.63, 3.8) is 0 Å². The molecule has 0 radical (unpaired) electrons. The Morgan fingerprint density at radius 3 is 2.64 bits per heavy atom. The summed E-state index contributed by atoms with van der Waals surface area (Å²) in [4.78, 5) is 12.2. The molecule has 0 aliphatic heterocycles. The van der Waals surface area contributed by atoms with Gasteiger partial charge in [-0.05, 0) is 37.0 Å². The number of nitrogens with one attached hydrogen (secondary N) is 1. The van der Waals surface area contributed by atoms with Gasteiger partial charge in [-0.25, -0.2) is 0 Å². The SMILES string of the molecule is O=C(Cc1ccccc1)Nc1nnc(C2CCCC(c3ccc(Cl)nn3)C2)s1. The van der Waals surface area contributed by atoms with Crippen LogP contribution in [0.3, 0.4) is 0 Å². The summed E-state index contributed by atoms with van der Waals surface area (Å²) in [5.41, 5.74) is 1.96. The number of carbonyl (C=O) groups excluding carboxylic acids is 1. The molecule has 1 saturated carbocycles. The first-order valence-corrected chi connectivity index (χ1v) is 10.5. The van der Waals surface area contributed by atoms with E-state index in [1.807, 2.05) is 36.4 Å². The van der Waals surface area contributed by atoms with Crippen LogP contribution in [-0.2, 0) is 11.2 Å². The van der Waals surface area contributed by atoms with Crippen molar-refractivity contribution in [2.24, 2.45) is 0 Å². The van der Waals surface area contributed by atoms with Crippen molar-refractivity contribution in [2.75, 3.05) is 5.32 Å². The third kappa shape index (κ3) is 4.72. The van der Waals surface area contributed by atoms with E-state index in [1.54, 1.807) is 6.07 Å². The van der Waals surface area contributed by atoms with Crippen molar-refractivity contribution in [2.45, 2.75) is 43.9 Å². The van der Waals surface area contributed by atoms with Crippen LogP contribution in [-0.4, -0.2) is 26.3 Å². The van der Waals surface area contributed by atoms with Crippen LogP contribution in [0, 0.1) is 0 Å². The van der Waals surface area contributed by atoms with Gasteiger partial charge in [0.2, 0.25) is 11.0 Å². The second-order valence-corrected chi connectivity index (χ2v) is 8.39. The lowest BCUT2D eigenvalue weighted by atomic mass is 9.80. The van der Waals surface area contributed by atoms with Crippen LogP contribution in [0.2, 0.25) is 5.15 Å². The number of halogens is 1. The Bertz CT molecular complexity index is 931. The minimum atomic E-state index is -0.0770. The number of hydrogen-bond acceptors (Lipinski definition) is 6. The Kier molecular flexibility index (Phi) is 5.92. The number of benzene rings is 1. The van der Waals surface area contributed by atoms with Crippen molar-refractivity contribution >= 4 is 34.0 Å². The van der Waals surface area contributed by atoms with Gasteiger partial charge in [-0.1, -0.05) is 59.7 Å². The van der Waals surface area contributed by atoms with E-state index in [2.05, 4.69) is 25.7 Å². The van der Waals surface area contributed by atoms with E-state index in [4.69, 9.17) is 11.6 Å². The average Bonchev–Trinajstić information content (AvgIpc) is 3.18. The number of anilines is 1. The van der Waals surface area contributed by atoms with Crippen molar-refractivity contribution in [1.29, 1.82) is 0 Å². The van der Waals surface area contributed by atoms with Crippen LogP contribution in [0.5, 0.6) is 0 Å². The lowest BCUT2D eigenvalue weighted by Gasteiger charge is -2.26. The van der Waals surface area contributed by atoms with Gasteiger partial charge in [0.25, 0.3) is 0 Å². The Morgan fingerprint density at radius 1 is 1.04 bits per heavy atom. The van der Waals surface area contributed by atoms with Gasteiger partial charge in [-0.2, -0.15) is 5.10 Å². The van der Waals surface area contributed by atoms with Gasteiger partial charge >= 0.3 is 0 Å². The third-order valence-electron chi connectivity index (χ3n) is 4.99. The smallest absolute Gasteiger partial charge is 0.230 e. The summed E-state index contributed by atoms with van der Waals surface area (Å²) >= 11 is 7.31. The van der Waals surface area contributed by atoms with Gasteiger partial charge in [-0.3, -0.25) is 4.79 Å². The summed E-state index contributed by atoms with van der Waals surface area (Å²) < 4.78 is 0. The molecule has 0 spiro atoms. The average molecular weight is 414 g/mol. The van der Waals surface area contributed by atoms with Crippen LogP contribution < -0.4 is 5.32 Å². The number of carbonyl (C=O) groups is 1. The summed E-state index contributed by atoms with van der Waals surface area (Å²) in [7, 11) is 0. The Labute approximate surface area is 172 Å². The minimum absolute atomic E-state index is 0.0770. The monoisotopic (exact) mass is 413 g/mol. The number of aromatic nitrogens is 4. The Balaban J connectivity index is 1.38. The molecule has 28 heavy (non-hydrogen) atoms. The highest BCUT2D eigenvalue weighted by Crippen LogP contribution is 2.41. The van der Waals surface area contributed by atoms with Gasteiger partial charge < -0.3 is 5.32 Å². The van der Waals surface area contributed by atoms with E-state index in [0.29, 0.717) is 28.5 Å². The van der Waals surface area contributed by atoms with Gasteiger partial charge in [0.05, 0.1) is 12.1 Å². The summed E-state index contributed by atoms with van der Waals surface area (Å²) in [6, 6.07) is 13.4. The maximum absolute atomic E-state index is 12.2. The van der Waals surface area contributed by atoms with E-state index in [9.17, 15) is 4.79 Å². The highest BCUT2D eigenvalue weighted by molar-refractivity contribution is 7.15. The second kappa shape index (κ2) is 8.75. The van der Waals surface area contributed by atoms with Gasteiger partial charge in [0.1, 0.15) is 5.01 Å². The normalized spacial score (nSPS) is 19.3. The number of amides is 1. The van der Waals surface area contributed by atoms with E-state index >= 15 is 0 Å². The maximum atomic E-state index is 12.2. The summed E-state index contributed by atoms with van der Waals surface area (Å²) in [6.07, 6.45) is 4.56. The first-order chi connectivity index (χ1) is 13.7. The molecule has 2 unspecified atom stereocenters. The molecule has 8 heteroatoms. The molecule has 1 fully saturated rings. The van der Waals surface area contributed by atoms with Gasteiger partial charge in [0.15, 0.2) is 5.15 Å². The summed E-state index contributed by atoms with van der Waals surface area (Å²) in [5.74, 6) is 0.601. The highest BCUT2D eigenvalue weighted by Gasteiger charge is 2.28. The highest BCUT2D eigenvalue weighted by atomic mass is 35.5. The molecule has 0 bridgehead atoms. The minimum Gasteiger partial charge on any atom is -0.300 e. The summed E-state index contributed by atoms with van der Waals surface area (Å²) in [5, 5.41) is 21.5. The molecule has 1 amide bonds. The standard InChI is InChI=1S/C20H20ClN5OS/c21-17-10-9-16(23-24-17)14-7-4-8-15(12-14)19-25-26-20(28-19)22-18(27)11-13-5-2-1-3-6-13/h1-3,5-6,9-10,14-15H,4,7-8,11-12H2,(H,22,26,27). The van der Waals surface area contributed by atoms with Crippen molar-refractivity contribution in [1.82, 2.24) is 20.4 Å². The molecule has 2 atom stereocenters. The zero-order valence-corrected chi connectivity index (χ0v) is 16.8. The van der Waals surface area contributed by atoms with Crippen LogP contribution >= 0.6 is 22.9 Å². The molecular weight excluding hydrogens is 394 g/mol. The summed E-state index contributed by atoms with van der Waals surface area (Å²) in [6.45, 7) is 0. The van der Waals surface area contributed by atoms with E-state index in [0.717, 1.165) is 41.9 Å². The predicted octanol–water partition coefficient (Wildman–Crippen LogP) is 4.60. The van der Waals surface area contributed by atoms with Crippen molar-refractivity contribution in [3.8, 4) is 0 Å². The third-order valence-corrected chi connectivity index (χ3v) is 6.19. The molecule has 1 aromatic carbocycles. The number of nitrogens with zero attached hydrogens (tertiary/aromatic N) is 4. The Hall–Kier alpha value is -2.38. The van der Waals surface area contributed by atoms with Crippen LogP contribution in [0.25, 0.3) is 0 Å². The zero-order valence-electron chi connectivity index (χ0n) is 15.2. The first kappa shape index (κ1) is 19.0. The van der Waals surface area contributed by atoms with Crippen molar-refractivity contribution < 1.29 is 4.79 Å². The largest absolute Gasteiger partial charge is 0.300 e. The molecule has 144 valence electrons. The van der Waals surface area contributed by atoms with E-state index in [1.165, 1.54) is 11.3 Å². The molecule has 1 aliphatic rings. The molecular formula is C20H20ClN5OS. The molecule has 6 nitrogen and oxygen atoms in total. The number of hydrogen-bond donors (Lipinski definition) is 1. The second-order valence-electron chi connectivity index (χ2n) is 7.00. The molecule has 4 rings (SSSR count). The molecule has 0 saturated heterocycles. The maximum Gasteiger partial charge on any atom is 0.230 e. The van der Waals surface area contributed by atoms with Crippen LogP contribution in [0.1, 0.15) is 53.8 Å². The lowest BCUT2D eigenvalue weighted by Crippen LogP contribution is -2.14. The fourth-order valence-corrected chi connectivity index (χ4v) is 4.63. The molecule has 1 aliphatic carbocycles. The van der Waals surface area contributed by atoms with Gasteiger partial charge in [-0.15, -0.1) is 15.3 Å². The quantitative estimate of drug-likeness (QED) is 0.660. The van der Waals surface area contributed by atoms with E-state index < -0.39 is 0 Å². The Morgan fingerprint density at radius 2 is 1.86 bits per heavy atom.